The van der Waals surface area contributed by atoms with E-state index in [4.69, 9.17) is 14.6 Å². The molecule has 4 nitrogen and oxygen atoms in total. The third-order valence-electron chi connectivity index (χ3n) is 7.83. The zero-order valence-electron chi connectivity index (χ0n) is 25.4. The van der Waals surface area contributed by atoms with Gasteiger partial charge in [0.15, 0.2) is 6.79 Å². The summed E-state index contributed by atoms with van der Waals surface area (Å²) in [5.41, 5.74) is 5.13. The van der Waals surface area contributed by atoms with Crippen molar-refractivity contribution in [3.63, 3.8) is 0 Å². The van der Waals surface area contributed by atoms with Crippen LogP contribution in [0.5, 0.6) is 5.75 Å². The highest BCUT2D eigenvalue weighted by atomic mass is 31.1. The molecule has 210 valence electrons. The standard InChI is InChI=1S/C33H51N2O2P/c1-10-33(11-2,38-29-18-14-13-17-25(29)23-34-35-19-15-12-16-20-35)28-22-26(31(3,4)5)21-27(32(6,7)8)30(28)37-24-36-9/h13-14,17-18,21-23,38H,10-12,15-16,19-20,24H2,1-9H3/b34-23+. The monoisotopic (exact) mass is 538 g/mol. The Hall–Kier alpha value is -1.90. The fourth-order valence-corrected chi connectivity index (χ4v) is 6.90. The van der Waals surface area contributed by atoms with Crippen LogP contribution in [0, 0.1) is 0 Å². The van der Waals surface area contributed by atoms with Crippen LogP contribution in [0.2, 0.25) is 0 Å². The van der Waals surface area contributed by atoms with E-state index in [1.807, 2.05) is 0 Å². The third-order valence-corrected chi connectivity index (χ3v) is 10.0. The molecule has 1 aliphatic heterocycles. The van der Waals surface area contributed by atoms with Gasteiger partial charge in [-0.3, -0.25) is 5.01 Å². The smallest absolute Gasteiger partial charge is 0.188 e. The van der Waals surface area contributed by atoms with Gasteiger partial charge in [0.1, 0.15) is 5.75 Å². The Morgan fingerprint density at radius 2 is 1.53 bits per heavy atom. The first-order chi connectivity index (χ1) is 17.9. The summed E-state index contributed by atoms with van der Waals surface area (Å²) in [5.74, 6) is 1.00. The van der Waals surface area contributed by atoms with Crippen molar-refractivity contribution in [1.82, 2.24) is 5.01 Å². The van der Waals surface area contributed by atoms with Gasteiger partial charge in [-0.1, -0.05) is 100 Å². The number of benzene rings is 2. The van der Waals surface area contributed by atoms with Gasteiger partial charge in [0.25, 0.3) is 0 Å². The second-order valence-corrected chi connectivity index (χ2v) is 14.5. The predicted molar refractivity (Wildman–Crippen MR) is 166 cm³/mol. The fourth-order valence-electron chi connectivity index (χ4n) is 5.24. The van der Waals surface area contributed by atoms with E-state index in [0.717, 1.165) is 31.7 Å². The van der Waals surface area contributed by atoms with Crippen molar-refractivity contribution >= 4 is 20.1 Å². The van der Waals surface area contributed by atoms with Crippen LogP contribution in [0.1, 0.15) is 110 Å². The van der Waals surface area contributed by atoms with Crippen LogP contribution < -0.4 is 10.0 Å². The largest absolute Gasteiger partial charge is 0.467 e. The Balaban J connectivity index is 2.17. The van der Waals surface area contributed by atoms with Gasteiger partial charge < -0.3 is 9.47 Å². The molecule has 38 heavy (non-hydrogen) atoms. The number of nitrogens with zero attached hydrogens (tertiary/aromatic N) is 2. The average Bonchev–Trinajstić information content (AvgIpc) is 2.89. The first-order valence-corrected chi connectivity index (χ1v) is 15.4. The minimum absolute atomic E-state index is 0.0316. The maximum Gasteiger partial charge on any atom is 0.188 e. The molecule has 0 radical (unpaired) electrons. The van der Waals surface area contributed by atoms with E-state index >= 15 is 0 Å². The highest BCUT2D eigenvalue weighted by Gasteiger charge is 2.37. The summed E-state index contributed by atoms with van der Waals surface area (Å²) in [7, 11) is 2.29. The van der Waals surface area contributed by atoms with Crippen molar-refractivity contribution in [2.24, 2.45) is 5.10 Å². The number of ether oxygens (including phenoxy) is 2. The number of methoxy groups -OCH3 is 1. The quantitative estimate of drug-likeness (QED) is 0.174. The molecule has 2 aromatic rings. The van der Waals surface area contributed by atoms with E-state index in [1.54, 1.807) is 7.11 Å². The summed E-state index contributed by atoms with van der Waals surface area (Å²) >= 11 is 0. The molecule has 1 atom stereocenters. The highest BCUT2D eigenvalue weighted by molar-refractivity contribution is 7.48. The number of piperidine rings is 1. The Morgan fingerprint density at radius 1 is 0.895 bits per heavy atom. The lowest BCUT2D eigenvalue weighted by Gasteiger charge is -2.38. The number of rotatable bonds is 10. The second kappa shape index (κ2) is 13.0. The second-order valence-electron chi connectivity index (χ2n) is 12.7. The number of hydrogen-bond donors (Lipinski definition) is 0. The van der Waals surface area contributed by atoms with Crippen molar-refractivity contribution in [1.29, 1.82) is 0 Å². The molecule has 1 aliphatic rings. The molecule has 0 bridgehead atoms. The van der Waals surface area contributed by atoms with Crippen LogP contribution in [-0.2, 0) is 20.7 Å². The molecule has 1 heterocycles. The fraction of sp³-hybridized carbons (Fsp3) is 0.606. The van der Waals surface area contributed by atoms with Crippen LogP contribution in [0.3, 0.4) is 0 Å². The molecule has 1 fully saturated rings. The van der Waals surface area contributed by atoms with Crippen molar-refractivity contribution in [2.45, 2.75) is 103 Å². The van der Waals surface area contributed by atoms with Crippen LogP contribution in [0.25, 0.3) is 0 Å². The van der Waals surface area contributed by atoms with Gasteiger partial charge >= 0.3 is 0 Å². The zero-order chi connectivity index (χ0) is 28.0. The van der Waals surface area contributed by atoms with E-state index < -0.39 is 0 Å². The van der Waals surface area contributed by atoms with Crippen LogP contribution >= 0.6 is 8.58 Å². The lowest BCUT2D eigenvalue weighted by molar-refractivity contribution is 0.0485. The zero-order valence-corrected chi connectivity index (χ0v) is 26.4. The molecular weight excluding hydrogens is 487 g/mol. The summed E-state index contributed by atoms with van der Waals surface area (Å²) in [6, 6.07) is 13.6. The molecule has 1 unspecified atom stereocenters. The maximum absolute atomic E-state index is 6.47. The summed E-state index contributed by atoms with van der Waals surface area (Å²) in [5, 5.41) is 8.43. The molecular formula is C33H51N2O2P. The van der Waals surface area contributed by atoms with Crippen molar-refractivity contribution in [2.75, 3.05) is 27.0 Å². The Labute approximate surface area is 234 Å². The molecule has 0 aromatic heterocycles. The summed E-state index contributed by atoms with van der Waals surface area (Å²) in [6.45, 7) is 20.8. The molecule has 0 saturated carbocycles. The van der Waals surface area contributed by atoms with E-state index in [9.17, 15) is 0 Å². The average molecular weight is 539 g/mol. The van der Waals surface area contributed by atoms with Gasteiger partial charge in [-0.2, -0.15) is 5.10 Å². The van der Waals surface area contributed by atoms with Gasteiger partial charge in [0.05, 0.1) is 6.21 Å². The van der Waals surface area contributed by atoms with E-state index in [-0.39, 0.29) is 22.8 Å². The molecule has 0 amide bonds. The minimum Gasteiger partial charge on any atom is -0.467 e. The van der Waals surface area contributed by atoms with E-state index in [0.29, 0.717) is 8.58 Å². The van der Waals surface area contributed by atoms with Crippen molar-refractivity contribution in [3.05, 3.63) is 58.7 Å². The minimum atomic E-state index is -0.0611. The molecule has 0 spiro atoms. The van der Waals surface area contributed by atoms with Crippen LogP contribution in [0.4, 0.5) is 0 Å². The lowest BCUT2D eigenvalue weighted by atomic mass is 9.76. The van der Waals surface area contributed by atoms with Crippen LogP contribution in [0.15, 0.2) is 41.5 Å². The maximum atomic E-state index is 6.47. The molecule has 1 saturated heterocycles. The molecule has 0 aliphatic carbocycles. The Kier molecular flexibility index (Phi) is 10.5. The summed E-state index contributed by atoms with van der Waals surface area (Å²) in [4.78, 5) is 0. The lowest BCUT2D eigenvalue weighted by Crippen LogP contribution is -2.28. The van der Waals surface area contributed by atoms with E-state index in [1.165, 1.54) is 46.8 Å². The topological polar surface area (TPSA) is 34.1 Å². The normalized spacial score (nSPS) is 15.7. The van der Waals surface area contributed by atoms with Crippen LogP contribution in [-0.4, -0.2) is 38.2 Å². The van der Waals surface area contributed by atoms with Crippen molar-refractivity contribution < 1.29 is 9.47 Å². The molecule has 2 aromatic carbocycles. The third kappa shape index (κ3) is 7.39. The Morgan fingerprint density at radius 3 is 2.11 bits per heavy atom. The number of hydrazone groups is 1. The molecule has 3 rings (SSSR count). The van der Waals surface area contributed by atoms with E-state index in [2.05, 4.69) is 103 Å². The predicted octanol–water partition coefficient (Wildman–Crippen LogP) is 8.10. The van der Waals surface area contributed by atoms with Gasteiger partial charge in [-0.05, 0) is 53.8 Å². The summed E-state index contributed by atoms with van der Waals surface area (Å²) < 4.78 is 11.9. The number of hydrogen-bond acceptors (Lipinski definition) is 4. The SMILES string of the molecule is CCC(CC)(Pc1ccccc1/C=N/N1CCCCC1)c1cc(C(C)(C)C)cc(C(C)(C)C)c1OCOC. The van der Waals surface area contributed by atoms with Gasteiger partial charge in [-0.25, -0.2) is 0 Å². The first-order valence-electron chi connectivity index (χ1n) is 14.4. The molecule has 0 N–H and O–H groups in total. The molecule has 5 heteroatoms. The van der Waals surface area contributed by atoms with Gasteiger partial charge in [0, 0.05) is 42.0 Å². The highest BCUT2D eigenvalue weighted by Crippen LogP contribution is 2.53. The Bertz CT molecular complexity index is 1070. The summed E-state index contributed by atoms with van der Waals surface area (Å²) in [6.07, 6.45) is 7.94. The van der Waals surface area contributed by atoms with Gasteiger partial charge in [0.2, 0.25) is 0 Å². The van der Waals surface area contributed by atoms with Crippen molar-refractivity contribution in [3.8, 4) is 5.75 Å². The van der Waals surface area contributed by atoms with Gasteiger partial charge in [-0.15, -0.1) is 0 Å². The first kappa shape index (κ1) is 30.6.